The Hall–Kier alpha value is -2.26. The number of hydrogen-bond acceptors (Lipinski definition) is 2. The zero-order valence-corrected chi connectivity index (χ0v) is 12.3. The molecule has 10 heteroatoms. The molecule has 134 valence electrons. The van der Waals surface area contributed by atoms with Gasteiger partial charge in [-0.3, -0.25) is 9.59 Å². The van der Waals surface area contributed by atoms with Crippen LogP contribution in [0.25, 0.3) is 0 Å². The SMILES string of the molecule is CC(CCC(=O)O)NC(=O)c1cc(C(F)(F)F)cc(C(F)(F)F)c1. The molecule has 0 aliphatic heterocycles. The van der Waals surface area contributed by atoms with Crippen LogP contribution in [0.1, 0.15) is 41.3 Å². The molecule has 1 rings (SSSR count). The lowest BCUT2D eigenvalue weighted by Crippen LogP contribution is -2.33. The minimum atomic E-state index is -5.05. The summed E-state index contributed by atoms with van der Waals surface area (Å²) < 4.78 is 76.2. The molecule has 0 saturated heterocycles. The lowest BCUT2D eigenvalue weighted by atomic mass is 10.0. The fourth-order valence-corrected chi connectivity index (χ4v) is 1.81. The summed E-state index contributed by atoms with van der Waals surface area (Å²) in [6.07, 6.45) is -10.4. The quantitative estimate of drug-likeness (QED) is 0.790. The zero-order chi connectivity index (χ0) is 18.7. The topological polar surface area (TPSA) is 66.4 Å². The Morgan fingerprint density at radius 1 is 1.04 bits per heavy atom. The fraction of sp³-hybridized carbons (Fsp3) is 0.429. The van der Waals surface area contributed by atoms with Gasteiger partial charge in [0.15, 0.2) is 0 Å². The third-order valence-electron chi connectivity index (χ3n) is 3.02. The summed E-state index contributed by atoms with van der Waals surface area (Å²) in [5.74, 6) is -2.29. The van der Waals surface area contributed by atoms with Gasteiger partial charge >= 0.3 is 18.3 Å². The Bertz CT molecular complexity index is 592. The van der Waals surface area contributed by atoms with Gasteiger partial charge in [0.2, 0.25) is 0 Å². The molecule has 0 radical (unpaired) electrons. The van der Waals surface area contributed by atoms with Gasteiger partial charge in [-0.15, -0.1) is 0 Å². The lowest BCUT2D eigenvalue weighted by molar-refractivity contribution is -0.143. The molecule has 0 aromatic heterocycles. The van der Waals surface area contributed by atoms with Crippen LogP contribution in [0.15, 0.2) is 18.2 Å². The van der Waals surface area contributed by atoms with Crippen LogP contribution in [0.2, 0.25) is 0 Å². The number of hydrogen-bond donors (Lipinski definition) is 2. The van der Waals surface area contributed by atoms with Crippen LogP contribution in [-0.2, 0) is 17.1 Å². The van der Waals surface area contributed by atoms with Crippen LogP contribution in [0.3, 0.4) is 0 Å². The van der Waals surface area contributed by atoms with Crippen molar-refractivity contribution in [1.82, 2.24) is 5.32 Å². The van der Waals surface area contributed by atoms with Crippen LogP contribution >= 0.6 is 0 Å². The number of halogens is 6. The molecule has 1 unspecified atom stereocenters. The average molecular weight is 357 g/mol. The van der Waals surface area contributed by atoms with E-state index < -0.39 is 47.0 Å². The van der Waals surface area contributed by atoms with Gasteiger partial charge < -0.3 is 10.4 Å². The van der Waals surface area contributed by atoms with E-state index in [0.29, 0.717) is 12.1 Å². The molecule has 0 bridgehead atoms. The highest BCUT2D eigenvalue weighted by Crippen LogP contribution is 2.36. The second-order valence-corrected chi connectivity index (χ2v) is 5.10. The standard InChI is InChI=1S/C14H13F6NO3/c1-7(2-3-11(22)23)21-12(24)8-4-9(13(15,16)17)6-10(5-8)14(18,19)20/h4-7H,2-3H2,1H3,(H,21,24)(H,22,23). The van der Waals surface area contributed by atoms with Gasteiger partial charge in [-0.05, 0) is 31.5 Å². The third kappa shape index (κ3) is 5.74. The summed E-state index contributed by atoms with van der Waals surface area (Å²) in [5.41, 5.74) is -4.00. The predicted molar refractivity (Wildman–Crippen MR) is 70.2 cm³/mol. The Labute approximate surface area is 132 Å². The molecular weight excluding hydrogens is 344 g/mol. The van der Waals surface area contributed by atoms with Crippen molar-refractivity contribution in [1.29, 1.82) is 0 Å². The second-order valence-electron chi connectivity index (χ2n) is 5.10. The van der Waals surface area contributed by atoms with E-state index in [1.165, 1.54) is 6.92 Å². The van der Waals surface area contributed by atoms with E-state index in [9.17, 15) is 35.9 Å². The molecule has 1 aromatic carbocycles. The number of carboxylic acid groups (broad SMARTS) is 1. The van der Waals surface area contributed by atoms with E-state index in [4.69, 9.17) is 5.11 Å². The van der Waals surface area contributed by atoms with Crippen molar-refractivity contribution in [3.05, 3.63) is 34.9 Å². The first-order valence-electron chi connectivity index (χ1n) is 6.63. The van der Waals surface area contributed by atoms with Crippen molar-refractivity contribution >= 4 is 11.9 Å². The minimum absolute atomic E-state index is 0.0217. The maximum Gasteiger partial charge on any atom is 0.416 e. The number of nitrogens with one attached hydrogen (secondary N) is 1. The molecule has 0 aliphatic rings. The molecule has 0 aliphatic carbocycles. The molecular formula is C14H13F6NO3. The van der Waals surface area contributed by atoms with Gasteiger partial charge in [-0.1, -0.05) is 0 Å². The van der Waals surface area contributed by atoms with Crippen LogP contribution in [0.4, 0.5) is 26.3 Å². The van der Waals surface area contributed by atoms with E-state index in [-0.39, 0.29) is 18.9 Å². The van der Waals surface area contributed by atoms with Gasteiger partial charge in [-0.2, -0.15) is 26.3 Å². The second kappa shape index (κ2) is 7.10. The van der Waals surface area contributed by atoms with Gasteiger partial charge in [-0.25, -0.2) is 0 Å². The number of alkyl halides is 6. The molecule has 0 heterocycles. The summed E-state index contributed by atoms with van der Waals surface area (Å²) in [6.45, 7) is 1.39. The monoisotopic (exact) mass is 357 g/mol. The number of carboxylic acids is 1. The zero-order valence-electron chi connectivity index (χ0n) is 12.3. The summed E-state index contributed by atoms with van der Waals surface area (Å²) in [6, 6.07) is -0.189. The van der Waals surface area contributed by atoms with E-state index in [0.717, 1.165) is 0 Å². The molecule has 4 nitrogen and oxygen atoms in total. The first kappa shape index (κ1) is 19.8. The van der Waals surface area contributed by atoms with Crippen molar-refractivity contribution in [2.45, 2.75) is 38.2 Å². The summed E-state index contributed by atoms with van der Waals surface area (Å²) in [4.78, 5) is 22.3. The minimum Gasteiger partial charge on any atom is -0.481 e. The van der Waals surface area contributed by atoms with Crippen LogP contribution in [0.5, 0.6) is 0 Å². The van der Waals surface area contributed by atoms with E-state index in [1.807, 2.05) is 0 Å². The Kier molecular flexibility index (Phi) is 5.85. The van der Waals surface area contributed by atoms with Crippen molar-refractivity contribution in [2.24, 2.45) is 0 Å². The van der Waals surface area contributed by atoms with Crippen molar-refractivity contribution < 1.29 is 41.0 Å². The predicted octanol–water partition coefficient (Wildman–Crippen LogP) is 3.71. The molecule has 2 N–H and O–H groups in total. The van der Waals surface area contributed by atoms with E-state index in [1.54, 1.807) is 0 Å². The van der Waals surface area contributed by atoms with Crippen LogP contribution in [-0.4, -0.2) is 23.0 Å². The summed E-state index contributed by atoms with van der Waals surface area (Å²) >= 11 is 0. The van der Waals surface area contributed by atoms with Gasteiger partial charge in [0.05, 0.1) is 11.1 Å². The summed E-state index contributed by atoms with van der Waals surface area (Å²) in [5, 5.41) is 10.7. The van der Waals surface area contributed by atoms with Gasteiger partial charge in [0.1, 0.15) is 0 Å². The number of benzene rings is 1. The summed E-state index contributed by atoms with van der Waals surface area (Å²) in [7, 11) is 0. The van der Waals surface area contributed by atoms with Crippen LogP contribution in [0, 0.1) is 0 Å². The number of carbonyl (C=O) groups excluding carboxylic acids is 1. The van der Waals surface area contributed by atoms with E-state index >= 15 is 0 Å². The smallest absolute Gasteiger partial charge is 0.416 e. The average Bonchev–Trinajstić information content (AvgIpc) is 2.42. The molecule has 1 amide bonds. The van der Waals surface area contributed by atoms with Crippen molar-refractivity contribution in [3.8, 4) is 0 Å². The Morgan fingerprint density at radius 3 is 1.88 bits per heavy atom. The number of aliphatic carboxylic acids is 1. The molecule has 0 saturated carbocycles. The largest absolute Gasteiger partial charge is 0.481 e. The third-order valence-corrected chi connectivity index (χ3v) is 3.02. The highest BCUT2D eigenvalue weighted by Gasteiger charge is 2.37. The lowest BCUT2D eigenvalue weighted by Gasteiger charge is -2.16. The highest BCUT2D eigenvalue weighted by molar-refractivity contribution is 5.94. The normalized spacial score (nSPS) is 13.5. The fourth-order valence-electron chi connectivity index (χ4n) is 1.81. The highest BCUT2D eigenvalue weighted by atomic mass is 19.4. The Morgan fingerprint density at radius 2 is 1.50 bits per heavy atom. The number of amides is 1. The molecule has 0 spiro atoms. The molecule has 1 atom stereocenters. The van der Waals surface area contributed by atoms with Crippen molar-refractivity contribution in [2.75, 3.05) is 0 Å². The van der Waals surface area contributed by atoms with Gasteiger partial charge in [0, 0.05) is 18.0 Å². The first-order valence-corrected chi connectivity index (χ1v) is 6.63. The number of carbonyl (C=O) groups is 2. The maximum absolute atomic E-state index is 12.7. The molecule has 0 fully saturated rings. The number of rotatable bonds is 5. The van der Waals surface area contributed by atoms with Crippen LogP contribution < -0.4 is 5.32 Å². The Balaban J connectivity index is 3.09. The first-order chi connectivity index (χ1) is 10.8. The van der Waals surface area contributed by atoms with Gasteiger partial charge in [0.25, 0.3) is 5.91 Å². The maximum atomic E-state index is 12.7. The van der Waals surface area contributed by atoms with Crippen molar-refractivity contribution in [3.63, 3.8) is 0 Å². The molecule has 24 heavy (non-hydrogen) atoms. The van der Waals surface area contributed by atoms with E-state index in [2.05, 4.69) is 5.32 Å². The molecule has 1 aromatic rings.